The number of nitrogens with one attached hydrogen (secondary N) is 1. The standard InChI is InChI=1S/C24H21N3O/c1-3-26-17-11-7-5-9-14(17)19-16-13-25-24(28)21(16)20-15-10-6-8-12-18(15)27(4-2)23(20)22(19)26/h5-12H,3-4,13H2,1-2H3,(H,25,28). The lowest BCUT2D eigenvalue weighted by atomic mass is 9.97. The van der Waals surface area contributed by atoms with E-state index in [0.29, 0.717) is 6.54 Å². The van der Waals surface area contributed by atoms with Crippen molar-refractivity contribution in [3.05, 3.63) is 59.7 Å². The van der Waals surface area contributed by atoms with E-state index in [-0.39, 0.29) is 5.91 Å². The quantitative estimate of drug-likeness (QED) is 0.458. The zero-order valence-electron chi connectivity index (χ0n) is 16.0. The largest absolute Gasteiger partial charge is 0.348 e. The number of hydrogen-bond donors (Lipinski definition) is 1. The zero-order chi connectivity index (χ0) is 19.0. The summed E-state index contributed by atoms with van der Waals surface area (Å²) in [5.74, 6) is 0.0502. The molecule has 0 radical (unpaired) electrons. The van der Waals surface area contributed by atoms with Crippen LogP contribution in [-0.4, -0.2) is 15.0 Å². The molecule has 1 aliphatic heterocycles. The molecule has 2 aromatic heterocycles. The summed E-state index contributed by atoms with van der Waals surface area (Å²) in [4.78, 5) is 12.9. The molecule has 1 amide bonds. The fraction of sp³-hybridized carbons (Fsp3) is 0.208. The van der Waals surface area contributed by atoms with E-state index in [0.717, 1.165) is 29.6 Å². The van der Waals surface area contributed by atoms with Gasteiger partial charge >= 0.3 is 0 Å². The summed E-state index contributed by atoms with van der Waals surface area (Å²) in [7, 11) is 0. The Bertz CT molecular complexity index is 1450. The Morgan fingerprint density at radius 2 is 1.36 bits per heavy atom. The molecule has 1 N–H and O–H groups in total. The number of carbonyl (C=O) groups is 1. The molecule has 0 fully saturated rings. The summed E-state index contributed by atoms with van der Waals surface area (Å²) in [5.41, 5.74) is 6.89. The molecular formula is C24H21N3O. The number of para-hydroxylation sites is 2. The van der Waals surface area contributed by atoms with E-state index in [4.69, 9.17) is 0 Å². The predicted molar refractivity (Wildman–Crippen MR) is 115 cm³/mol. The number of aryl methyl sites for hydroxylation is 2. The van der Waals surface area contributed by atoms with Crippen molar-refractivity contribution in [2.24, 2.45) is 0 Å². The monoisotopic (exact) mass is 367 g/mol. The summed E-state index contributed by atoms with van der Waals surface area (Å²) >= 11 is 0. The zero-order valence-corrected chi connectivity index (χ0v) is 16.0. The Morgan fingerprint density at radius 3 is 1.96 bits per heavy atom. The van der Waals surface area contributed by atoms with Gasteiger partial charge in [0.2, 0.25) is 0 Å². The molecule has 0 saturated heterocycles. The van der Waals surface area contributed by atoms with Crippen LogP contribution in [0.25, 0.3) is 43.6 Å². The number of benzene rings is 3. The maximum Gasteiger partial charge on any atom is 0.252 e. The number of rotatable bonds is 2. The Balaban J connectivity index is 2.06. The summed E-state index contributed by atoms with van der Waals surface area (Å²) in [6, 6.07) is 17.1. The fourth-order valence-corrected chi connectivity index (χ4v) is 5.28. The van der Waals surface area contributed by atoms with Crippen LogP contribution in [-0.2, 0) is 19.6 Å². The molecule has 0 atom stereocenters. The highest BCUT2D eigenvalue weighted by Gasteiger charge is 2.31. The lowest BCUT2D eigenvalue weighted by Crippen LogP contribution is -2.12. The van der Waals surface area contributed by atoms with Crippen molar-refractivity contribution in [2.75, 3.05) is 0 Å². The van der Waals surface area contributed by atoms with Crippen LogP contribution in [0, 0.1) is 0 Å². The minimum Gasteiger partial charge on any atom is -0.348 e. The highest BCUT2D eigenvalue weighted by molar-refractivity contribution is 6.30. The van der Waals surface area contributed by atoms with Crippen LogP contribution < -0.4 is 5.32 Å². The Kier molecular flexibility index (Phi) is 3.03. The number of fused-ring (bicyclic) bond motifs is 10. The molecule has 5 aromatic rings. The average Bonchev–Trinajstić information content (AvgIpc) is 3.37. The fourth-order valence-electron chi connectivity index (χ4n) is 5.28. The topological polar surface area (TPSA) is 39.0 Å². The van der Waals surface area contributed by atoms with Gasteiger partial charge in [-0.25, -0.2) is 0 Å². The van der Waals surface area contributed by atoms with Gasteiger partial charge in [0, 0.05) is 52.2 Å². The molecule has 0 spiro atoms. The van der Waals surface area contributed by atoms with E-state index >= 15 is 0 Å². The number of nitrogens with zero attached hydrogens (tertiary/aromatic N) is 2. The first kappa shape index (κ1) is 15.8. The number of carbonyl (C=O) groups excluding carboxylic acids is 1. The van der Waals surface area contributed by atoms with E-state index < -0.39 is 0 Å². The van der Waals surface area contributed by atoms with Crippen LogP contribution in [0.2, 0.25) is 0 Å². The van der Waals surface area contributed by atoms with Gasteiger partial charge in [0.25, 0.3) is 5.91 Å². The van der Waals surface area contributed by atoms with Crippen molar-refractivity contribution in [3.63, 3.8) is 0 Å². The normalized spacial score (nSPS) is 13.9. The lowest BCUT2D eigenvalue weighted by Gasteiger charge is -2.11. The van der Waals surface area contributed by atoms with Gasteiger partial charge in [-0.3, -0.25) is 4.79 Å². The molecule has 6 rings (SSSR count). The summed E-state index contributed by atoms with van der Waals surface area (Å²) < 4.78 is 4.80. The molecule has 3 heterocycles. The molecule has 138 valence electrons. The second-order valence-electron chi connectivity index (χ2n) is 7.51. The minimum atomic E-state index is 0.0502. The molecule has 4 nitrogen and oxygen atoms in total. The molecule has 4 heteroatoms. The third-order valence-electron chi connectivity index (χ3n) is 6.30. The van der Waals surface area contributed by atoms with Gasteiger partial charge < -0.3 is 14.5 Å². The molecular weight excluding hydrogens is 346 g/mol. The third-order valence-corrected chi connectivity index (χ3v) is 6.30. The van der Waals surface area contributed by atoms with Crippen LogP contribution >= 0.6 is 0 Å². The first-order valence-electron chi connectivity index (χ1n) is 10.0. The lowest BCUT2D eigenvalue weighted by molar-refractivity contribution is 0.0967. The maximum atomic E-state index is 12.9. The van der Waals surface area contributed by atoms with Crippen molar-refractivity contribution < 1.29 is 4.79 Å². The SMILES string of the molecule is CCn1c2ccccc2c2c3c(c4c5ccccc5n(CC)c4c21)C(=O)NC3. The average molecular weight is 367 g/mol. The van der Waals surface area contributed by atoms with Crippen LogP contribution in [0.4, 0.5) is 0 Å². The molecule has 0 unspecified atom stereocenters. The van der Waals surface area contributed by atoms with E-state index in [9.17, 15) is 4.79 Å². The Labute approximate surface area is 162 Å². The highest BCUT2D eigenvalue weighted by Crippen LogP contribution is 2.44. The second kappa shape index (κ2) is 5.38. The van der Waals surface area contributed by atoms with Gasteiger partial charge in [0.1, 0.15) is 0 Å². The molecule has 3 aromatic carbocycles. The van der Waals surface area contributed by atoms with Gasteiger partial charge in [-0.15, -0.1) is 0 Å². The molecule has 28 heavy (non-hydrogen) atoms. The van der Waals surface area contributed by atoms with Crippen LogP contribution in [0.15, 0.2) is 48.5 Å². The van der Waals surface area contributed by atoms with Gasteiger partial charge in [0.05, 0.1) is 16.6 Å². The smallest absolute Gasteiger partial charge is 0.252 e. The second-order valence-corrected chi connectivity index (χ2v) is 7.51. The summed E-state index contributed by atoms with van der Waals surface area (Å²) in [5, 5.41) is 7.84. The van der Waals surface area contributed by atoms with Crippen LogP contribution in [0.1, 0.15) is 29.8 Å². The van der Waals surface area contributed by atoms with Gasteiger partial charge in [-0.2, -0.15) is 0 Å². The maximum absolute atomic E-state index is 12.9. The van der Waals surface area contributed by atoms with Crippen molar-refractivity contribution >= 4 is 49.5 Å². The first-order chi connectivity index (χ1) is 13.8. The van der Waals surface area contributed by atoms with Gasteiger partial charge in [-0.1, -0.05) is 36.4 Å². The van der Waals surface area contributed by atoms with Crippen molar-refractivity contribution in [1.29, 1.82) is 0 Å². The summed E-state index contributed by atoms with van der Waals surface area (Å²) in [6.07, 6.45) is 0. The molecule has 0 aliphatic carbocycles. The van der Waals surface area contributed by atoms with E-state index in [1.165, 1.54) is 38.2 Å². The van der Waals surface area contributed by atoms with Crippen LogP contribution in [0.3, 0.4) is 0 Å². The molecule has 1 aliphatic rings. The van der Waals surface area contributed by atoms with Crippen molar-refractivity contribution in [3.8, 4) is 0 Å². The third kappa shape index (κ3) is 1.69. The van der Waals surface area contributed by atoms with E-state index in [1.807, 2.05) is 0 Å². The number of amides is 1. The van der Waals surface area contributed by atoms with Crippen molar-refractivity contribution in [2.45, 2.75) is 33.5 Å². The van der Waals surface area contributed by atoms with Crippen LogP contribution in [0.5, 0.6) is 0 Å². The van der Waals surface area contributed by atoms with Gasteiger partial charge in [0.15, 0.2) is 0 Å². The Hall–Kier alpha value is -3.27. The number of hydrogen-bond acceptors (Lipinski definition) is 1. The van der Waals surface area contributed by atoms with Gasteiger partial charge in [-0.05, 0) is 31.5 Å². The van der Waals surface area contributed by atoms with E-state index in [2.05, 4.69) is 76.8 Å². The van der Waals surface area contributed by atoms with E-state index in [1.54, 1.807) is 0 Å². The highest BCUT2D eigenvalue weighted by atomic mass is 16.1. The predicted octanol–water partition coefficient (Wildman–Crippen LogP) is 5.19. The number of aromatic nitrogens is 2. The summed E-state index contributed by atoms with van der Waals surface area (Å²) in [6.45, 7) is 6.75. The molecule has 0 saturated carbocycles. The molecule has 0 bridgehead atoms. The first-order valence-corrected chi connectivity index (χ1v) is 10.0. The minimum absolute atomic E-state index is 0.0502. The van der Waals surface area contributed by atoms with Crippen molar-refractivity contribution in [1.82, 2.24) is 14.5 Å². The Morgan fingerprint density at radius 1 is 0.821 bits per heavy atom.